The first-order valence-electron chi connectivity index (χ1n) is 11.1. The highest BCUT2D eigenvalue weighted by Gasteiger charge is 2.47. The molecule has 0 spiro atoms. The number of benzene rings is 3. The Bertz CT molecular complexity index is 1620. The van der Waals surface area contributed by atoms with Gasteiger partial charge in [0.25, 0.3) is 20.2 Å². The van der Waals surface area contributed by atoms with Crippen LogP contribution in [0, 0.1) is 0 Å². The molecule has 9 nitrogen and oxygen atoms in total. The fraction of sp³-hybridized carbons (Fsp3) is 0.280. The molecule has 0 amide bonds. The van der Waals surface area contributed by atoms with Gasteiger partial charge in [0.1, 0.15) is 6.54 Å². The minimum atomic E-state index is -4.45. The maximum atomic E-state index is 11.9. The Kier molecular flexibility index (Phi) is 6.54. The standard InChI is InChI=1S/C25H25NO8S2/c1-16-25(2,15-17-4-6-19(7-5-17)24(27)28)23-21-14-20(36(32,33)34)10-8-18(21)9-11-22(23)26(16)12-3-13-35(29,30)31/h4-11,14H,3,12-13,15H2,1-2H3,(H2-,27,28,29,30,31,32,33,34)/p+1. The number of fused-ring (bicyclic) bond motifs is 3. The maximum absolute atomic E-state index is 11.9. The lowest BCUT2D eigenvalue weighted by atomic mass is 9.73. The fourth-order valence-electron chi connectivity index (χ4n) is 4.99. The predicted molar refractivity (Wildman–Crippen MR) is 135 cm³/mol. The first-order chi connectivity index (χ1) is 16.7. The van der Waals surface area contributed by atoms with E-state index in [0.717, 1.165) is 27.9 Å². The van der Waals surface area contributed by atoms with Gasteiger partial charge in [0, 0.05) is 25.0 Å². The number of carbonyl (C=O) groups is 1. The first-order valence-corrected chi connectivity index (χ1v) is 14.2. The summed E-state index contributed by atoms with van der Waals surface area (Å²) in [6.07, 6.45) is 0.623. The summed E-state index contributed by atoms with van der Waals surface area (Å²) in [4.78, 5) is 11.0. The molecule has 1 aliphatic heterocycles. The number of rotatable bonds is 8. The molecule has 0 saturated carbocycles. The van der Waals surface area contributed by atoms with E-state index in [4.69, 9.17) is 0 Å². The van der Waals surface area contributed by atoms with E-state index in [0.29, 0.717) is 18.4 Å². The van der Waals surface area contributed by atoms with Gasteiger partial charge in [0.2, 0.25) is 5.69 Å². The second kappa shape index (κ2) is 9.07. The molecule has 1 atom stereocenters. The Labute approximate surface area is 209 Å². The van der Waals surface area contributed by atoms with Crippen molar-refractivity contribution in [2.75, 3.05) is 12.3 Å². The number of nitrogens with zero attached hydrogens (tertiary/aromatic N) is 1. The van der Waals surface area contributed by atoms with E-state index in [2.05, 4.69) is 0 Å². The molecule has 0 aliphatic carbocycles. The third-order valence-corrected chi connectivity index (χ3v) is 8.51. The Morgan fingerprint density at radius 3 is 2.19 bits per heavy atom. The largest absolute Gasteiger partial charge is 0.478 e. The summed E-state index contributed by atoms with van der Waals surface area (Å²) < 4.78 is 67.2. The highest BCUT2D eigenvalue weighted by Crippen LogP contribution is 2.46. The lowest BCUT2D eigenvalue weighted by Gasteiger charge is -2.24. The third kappa shape index (κ3) is 4.92. The summed E-state index contributed by atoms with van der Waals surface area (Å²) in [6.45, 7) is 4.21. The van der Waals surface area contributed by atoms with Gasteiger partial charge in [-0.05, 0) is 60.0 Å². The van der Waals surface area contributed by atoms with Crippen LogP contribution in [0.15, 0.2) is 59.5 Å². The molecule has 0 radical (unpaired) electrons. The maximum Gasteiger partial charge on any atom is 0.335 e. The zero-order valence-corrected chi connectivity index (χ0v) is 21.3. The third-order valence-electron chi connectivity index (χ3n) is 6.86. The lowest BCUT2D eigenvalue weighted by molar-refractivity contribution is -0.438. The Morgan fingerprint density at radius 1 is 0.972 bits per heavy atom. The molecule has 1 unspecified atom stereocenters. The molecule has 0 aromatic heterocycles. The molecule has 36 heavy (non-hydrogen) atoms. The average Bonchev–Trinajstić information content (AvgIpc) is 2.99. The average molecular weight is 533 g/mol. The van der Waals surface area contributed by atoms with Gasteiger partial charge in [-0.3, -0.25) is 9.11 Å². The van der Waals surface area contributed by atoms with Crippen LogP contribution in [0.2, 0.25) is 0 Å². The quantitative estimate of drug-likeness (QED) is 0.294. The van der Waals surface area contributed by atoms with E-state index in [9.17, 15) is 35.8 Å². The van der Waals surface area contributed by atoms with Gasteiger partial charge in [-0.25, -0.2) is 4.79 Å². The van der Waals surface area contributed by atoms with Gasteiger partial charge in [-0.2, -0.15) is 21.4 Å². The molecule has 0 fully saturated rings. The number of carboxylic acid groups (broad SMARTS) is 1. The first kappa shape index (κ1) is 26.0. The summed E-state index contributed by atoms with van der Waals surface area (Å²) in [7, 11) is -8.58. The van der Waals surface area contributed by atoms with E-state index >= 15 is 0 Å². The van der Waals surface area contributed by atoms with Crippen LogP contribution in [0.3, 0.4) is 0 Å². The van der Waals surface area contributed by atoms with Crippen LogP contribution < -0.4 is 0 Å². The Hall–Kier alpha value is -3.12. The van der Waals surface area contributed by atoms with Gasteiger partial charge in [-0.1, -0.05) is 18.2 Å². The van der Waals surface area contributed by atoms with E-state index in [-0.39, 0.29) is 16.9 Å². The van der Waals surface area contributed by atoms with Crippen molar-refractivity contribution in [2.24, 2.45) is 0 Å². The lowest BCUT2D eigenvalue weighted by Crippen LogP contribution is -2.33. The van der Waals surface area contributed by atoms with Gasteiger partial charge in [0.15, 0.2) is 5.71 Å². The Morgan fingerprint density at radius 2 is 1.61 bits per heavy atom. The van der Waals surface area contributed by atoms with Crippen LogP contribution in [0.5, 0.6) is 0 Å². The van der Waals surface area contributed by atoms with Gasteiger partial charge < -0.3 is 5.11 Å². The molecular formula is C25H26NO8S2+. The zero-order valence-electron chi connectivity index (χ0n) is 19.7. The van der Waals surface area contributed by atoms with Crippen molar-refractivity contribution >= 4 is 48.4 Å². The van der Waals surface area contributed by atoms with Gasteiger partial charge in [0.05, 0.1) is 21.6 Å². The van der Waals surface area contributed by atoms with Crippen LogP contribution in [-0.2, 0) is 32.1 Å². The van der Waals surface area contributed by atoms with Crippen molar-refractivity contribution in [1.82, 2.24) is 0 Å². The summed E-state index contributed by atoms with van der Waals surface area (Å²) in [5, 5.41) is 10.6. The molecule has 4 rings (SSSR count). The summed E-state index contributed by atoms with van der Waals surface area (Å²) >= 11 is 0. The van der Waals surface area contributed by atoms with E-state index in [1.54, 1.807) is 18.2 Å². The highest BCUT2D eigenvalue weighted by molar-refractivity contribution is 7.86. The van der Waals surface area contributed by atoms with Crippen LogP contribution in [0.4, 0.5) is 5.69 Å². The minimum Gasteiger partial charge on any atom is -0.478 e. The number of hydrogen-bond acceptors (Lipinski definition) is 5. The SMILES string of the molecule is CC1=[N+](CCCS(=O)(=O)O)c2ccc3ccc(S(=O)(=O)O)cc3c2C1(C)Cc1ccc(C(=O)O)cc1. The second-order valence-electron chi connectivity index (χ2n) is 9.21. The van der Waals surface area contributed by atoms with Crippen LogP contribution >= 0.6 is 0 Å². The van der Waals surface area contributed by atoms with Crippen LogP contribution in [0.25, 0.3) is 10.8 Å². The molecule has 11 heteroatoms. The van der Waals surface area contributed by atoms with Gasteiger partial charge >= 0.3 is 5.97 Å². The van der Waals surface area contributed by atoms with Crippen LogP contribution in [0.1, 0.15) is 41.8 Å². The molecule has 1 aliphatic rings. The van der Waals surface area contributed by atoms with Crippen molar-refractivity contribution < 1.29 is 40.4 Å². The van der Waals surface area contributed by atoms with Crippen molar-refractivity contribution in [3.05, 3.63) is 71.3 Å². The monoisotopic (exact) mass is 532 g/mol. The Balaban J connectivity index is 1.90. The molecular weight excluding hydrogens is 506 g/mol. The number of aromatic carboxylic acids is 1. The molecule has 190 valence electrons. The topological polar surface area (TPSA) is 149 Å². The molecule has 3 N–H and O–H groups in total. The molecule has 3 aromatic rings. The van der Waals surface area contributed by atoms with Crippen molar-refractivity contribution in [2.45, 2.75) is 37.0 Å². The number of hydrogen-bond donors (Lipinski definition) is 3. The summed E-state index contributed by atoms with van der Waals surface area (Å²) in [5.41, 5.74) is 2.82. The van der Waals surface area contributed by atoms with Crippen molar-refractivity contribution in [3.8, 4) is 0 Å². The molecule has 0 bridgehead atoms. The predicted octanol–water partition coefficient (Wildman–Crippen LogP) is 3.68. The number of carboxylic acids is 1. The van der Waals surface area contributed by atoms with Crippen LogP contribution in [-0.4, -0.2) is 59.6 Å². The smallest absolute Gasteiger partial charge is 0.335 e. The van der Waals surface area contributed by atoms with Crippen molar-refractivity contribution in [1.29, 1.82) is 0 Å². The minimum absolute atomic E-state index is 0.159. The highest BCUT2D eigenvalue weighted by atomic mass is 32.2. The van der Waals surface area contributed by atoms with E-state index in [1.807, 2.05) is 30.6 Å². The second-order valence-corrected chi connectivity index (χ2v) is 12.2. The fourth-order valence-corrected chi connectivity index (χ4v) is 6.00. The molecule has 3 aromatic carbocycles. The molecule has 0 saturated heterocycles. The van der Waals surface area contributed by atoms with Crippen molar-refractivity contribution in [3.63, 3.8) is 0 Å². The molecule has 1 heterocycles. The summed E-state index contributed by atoms with van der Waals surface area (Å²) in [5.74, 6) is -1.43. The summed E-state index contributed by atoms with van der Waals surface area (Å²) in [6, 6.07) is 14.6. The van der Waals surface area contributed by atoms with E-state index in [1.165, 1.54) is 24.3 Å². The van der Waals surface area contributed by atoms with E-state index < -0.39 is 37.4 Å². The zero-order chi connectivity index (χ0) is 26.5. The normalized spacial score (nSPS) is 18.0. The van der Waals surface area contributed by atoms with Gasteiger partial charge in [-0.15, -0.1) is 0 Å².